The summed E-state index contributed by atoms with van der Waals surface area (Å²) >= 11 is 0. The molecule has 0 amide bonds. The predicted octanol–water partition coefficient (Wildman–Crippen LogP) is 16.9. The second-order valence-corrected chi connectivity index (χ2v) is 16.6. The van der Waals surface area contributed by atoms with Crippen molar-refractivity contribution in [2.75, 3.05) is 13.2 Å². The van der Waals surface area contributed by atoms with Crippen LogP contribution in [0.5, 0.6) is 0 Å². The average molecular weight is 885 g/mol. The van der Waals surface area contributed by atoms with E-state index in [9.17, 15) is 14.4 Å². The summed E-state index contributed by atoms with van der Waals surface area (Å²) < 4.78 is 16.7. The van der Waals surface area contributed by atoms with Crippen molar-refractivity contribution in [3.05, 3.63) is 122 Å². The highest BCUT2D eigenvalue weighted by molar-refractivity contribution is 5.71. The summed E-state index contributed by atoms with van der Waals surface area (Å²) in [4.78, 5) is 37.9. The van der Waals surface area contributed by atoms with Crippen molar-refractivity contribution in [3.8, 4) is 0 Å². The highest BCUT2D eigenvalue weighted by Gasteiger charge is 2.19. The minimum atomic E-state index is -0.830. The molecule has 1 atom stereocenters. The lowest BCUT2D eigenvalue weighted by atomic mass is 10.0. The van der Waals surface area contributed by atoms with Gasteiger partial charge in [-0.1, -0.05) is 258 Å². The van der Waals surface area contributed by atoms with E-state index in [0.29, 0.717) is 19.3 Å². The summed E-state index contributed by atoms with van der Waals surface area (Å²) in [5, 5.41) is 0. The fourth-order valence-corrected chi connectivity index (χ4v) is 6.67. The van der Waals surface area contributed by atoms with Gasteiger partial charge in [-0.3, -0.25) is 14.4 Å². The Labute approximate surface area is 392 Å². The number of ether oxygens (including phenoxy) is 3. The van der Waals surface area contributed by atoms with Crippen LogP contribution in [-0.4, -0.2) is 37.2 Å². The van der Waals surface area contributed by atoms with Crippen LogP contribution in [-0.2, 0) is 28.6 Å². The van der Waals surface area contributed by atoms with Crippen LogP contribution < -0.4 is 0 Å². The Kier molecular flexibility index (Phi) is 48.1. The van der Waals surface area contributed by atoms with Gasteiger partial charge in [0.05, 0.1) is 0 Å². The number of unbranched alkanes of at least 4 members (excludes halogenated alkanes) is 21. The lowest BCUT2D eigenvalue weighted by molar-refractivity contribution is -0.167. The molecule has 0 fully saturated rings. The first kappa shape index (κ1) is 59.8. The summed E-state index contributed by atoms with van der Waals surface area (Å²) in [5.41, 5.74) is 0. The van der Waals surface area contributed by atoms with Crippen LogP contribution in [0.4, 0.5) is 0 Å². The standard InChI is InChI=1S/C58H92O6/c1-4-7-10-13-16-19-22-25-27-28-29-31-33-36-39-42-45-48-51-57(60)63-54-55(53-62-56(59)50-47-44-41-38-35-32-24-21-18-15-12-9-6-3)64-58(61)52-49-46-43-40-37-34-30-26-23-20-17-14-11-8-5-2/h8-9,11-12,14-15,17-18,20-21,23-24,26,30,32,34-35,37-38,41,55H,4-7,10,13,16,19,22,25,27-29,31,33,36,39-40,42-54H2,1-3H3/b11-8-,12-9-,17-14-,18-15-,23-20-,24-21-,30-26-,35-32-,37-34-,41-38-. The molecule has 0 aromatic heterocycles. The molecule has 0 aromatic carbocycles. The van der Waals surface area contributed by atoms with E-state index in [1.165, 1.54) is 96.3 Å². The van der Waals surface area contributed by atoms with E-state index < -0.39 is 6.10 Å². The van der Waals surface area contributed by atoms with Gasteiger partial charge in [0.1, 0.15) is 13.2 Å². The maximum absolute atomic E-state index is 12.8. The summed E-state index contributed by atoms with van der Waals surface area (Å²) in [6, 6.07) is 0. The number of hydrogen-bond acceptors (Lipinski definition) is 6. The summed E-state index contributed by atoms with van der Waals surface area (Å²) in [7, 11) is 0. The zero-order valence-electron chi connectivity index (χ0n) is 41.0. The van der Waals surface area contributed by atoms with Crippen LogP contribution >= 0.6 is 0 Å². The quantitative estimate of drug-likeness (QED) is 0.0262. The van der Waals surface area contributed by atoms with Crippen LogP contribution in [0.25, 0.3) is 0 Å². The Morgan fingerprint density at radius 3 is 1.02 bits per heavy atom. The average Bonchev–Trinajstić information content (AvgIpc) is 3.29. The molecule has 0 rings (SSSR count). The van der Waals surface area contributed by atoms with Crippen LogP contribution in [0.15, 0.2) is 122 Å². The van der Waals surface area contributed by atoms with Gasteiger partial charge in [0.2, 0.25) is 0 Å². The van der Waals surface area contributed by atoms with E-state index in [0.717, 1.165) is 57.8 Å². The number of hydrogen-bond donors (Lipinski definition) is 0. The number of rotatable bonds is 44. The van der Waals surface area contributed by atoms with Crippen LogP contribution in [0.2, 0.25) is 0 Å². The van der Waals surface area contributed by atoms with Crippen molar-refractivity contribution in [3.63, 3.8) is 0 Å². The zero-order valence-corrected chi connectivity index (χ0v) is 41.0. The first-order chi connectivity index (χ1) is 31.5. The molecular weight excluding hydrogens is 793 g/mol. The third-order valence-corrected chi connectivity index (χ3v) is 10.5. The SMILES string of the molecule is CC\C=C/C=C\C=C/C=C\C=C/CCCCCC(=O)OC(COC(=O)CCC\C=C/C=C\C=C/C=C\C=C/CC)COC(=O)CCCCCCCCCCCCCCCCCCCC. The molecule has 0 aliphatic heterocycles. The van der Waals surface area contributed by atoms with E-state index in [2.05, 4.69) is 39.0 Å². The van der Waals surface area contributed by atoms with Crippen molar-refractivity contribution < 1.29 is 28.6 Å². The highest BCUT2D eigenvalue weighted by Crippen LogP contribution is 2.15. The van der Waals surface area contributed by atoms with Crippen molar-refractivity contribution in [2.45, 2.75) is 213 Å². The molecule has 64 heavy (non-hydrogen) atoms. The number of esters is 3. The topological polar surface area (TPSA) is 78.9 Å². The molecule has 6 heteroatoms. The zero-order chi connectivity index (χ0) is 46.5. The predicted molar refractivity (Wildman–Crippen MR) is 274 cm³/mol. The van der Waals surface area contributed by atoms with Gasteiger partial charge >= 0.3 is 17.9 Å². The first-order valence-corrected chi connectivity index (χ1v) is 25.7. The monoisotopic (exact) mass is 885 g/mol. The van der Waals surface area contributed by atoms with Gasteiger partial charge in [-0.05, 0) is 51.4 Å². The van der Waals surface area contributed by atoms with Gasteiger partial charge in [-0.2, -0.15) is 0 Å². The van der Waals surface area contributed by atoms with E-state index in [1.54, 1.807) is 0 Å². The molecule has 0 radical (unpaired) electrons. The van der Waals surface area contributed by atoms with Gasteiger partial charge in [0.25, 0.3) is 0 Å². The minimum absolute atomic E-state index is 0.120. The summed E-state index contributed by atoms with van der Waals surface area (Å²) in [5.74, 6) is -1.04. The third-order valence-electron chi connectivity index (χ3n) is 10.5. The molecule has 0 heterocycles. The lowest BCUT2D eigenvalue weighted by Crippen LogP contribution is -2.30. The molecule has 0 bridgehead atoms. The molecule has 6 nitrogen and oxygen atoms in total. The number of carbonyl (C=O) groups is 3. The van der Waals surface area contributed by atoms with Gasteiger partial charge in [-0.15, -0.1) is 0 Å². The molecule has 0 aliphatic carbocycles. The maximum Gasteiger partial charge on any atom is 0.306 e. The Bertz CT molecular complexity index is 1390. The summed E-state index contributed by atoms with van der Waals surface area (Å²) in [6.45, 7) is 6.24. The molecule has 360 valence electrons. The molecular formula is C58H92O6. The highest BCUT2D eigenvalue weighted by atomic mass is 16.6. The number of allylic oxidation sites excluding steroid dienone is 20. The smallest absolute Gasteiger partial charge is 0.306 e. The summed E-state index contributed by atoms with van der Waals surface area (Å²) in [6.07, 6.45) is 70.5. The Hall–Kier alpha value is -4.19. The van der Waals surface area contributed by atoms with Gasteiger partial charge in [0.15, 0.2) is 6.10 Å². The maximum atomic E-state index is 12.8. The Morgan fingerprint density at radius 1 is 0.328 bits per heavy atom. The van der Waals surface area contributed by atoms with E-state index in [-0.39, 0.29) is 44.0 Å². The number of carbonyl (C=O) groups excluding carboxylic acids is 3. The van der Waals surface area contributed by atoms with E-state index in [1.807, 2.05) is 103 Å². The minimum Gasteiger partial charge on any atom is -0.462 e. The van der Waals surface area contributed by atoms with Crippen molar-refractivity contribution in [1.82, 2.24) is 0 Å². The fraction of sp³-hybridized carbons (Fsp3) is 0.603. The van der Waals surface area contributed by atoms with Gasteiger partial charge < -0.3 is 14.2 Å². The van der Waals surface area contributed by atoms with Crippen LogP contribution in [0.1, 0.15) is 207 Å². The molecule has 0 aromatic rings. The van der Waals surface area contributed by atoms with Gasteiger partial charge in [0, 0.05) is 19.3 Å². The molecule has 0 saturated carbocycles. The molecule has 0 N–H and O–H groups in total. The van der Waals surface area contributed by atoms with E-state index >= 15 is 0 Å². The third kappa shape index (κ3) is 48.8. The van der Waals surface area contributed by atoms with Crippen molar-refractivity contribution in [2.24, 2.45) is 0 Å². The van der Waals surface area contributed by atoms with Gasteiger partial charge in [-0.25, -0.2) is 0 Å². The Morgan fingerprint density at radius 2 is 0.625 bits per heavy atom. The lowest BCUT2D eigenvalue weighted by Gasteiger charge is -2.18. The molecule has 0 spiro atoms. The second-order valence-electron chi connectivity index (χ2n) is 16.6. The molecule has 0 aliphatic rings. The molecule has 0 saturated heterocycles. The van der Waals surface area contributed by atoms with Crippen molar-refractivity contribution in [1.29, 1.82) is 0 Å². The second kappa shape index (κ2) is 51.4. The van der Waals surface area contributed by atoms with E-state index in [4.69, 9.17) is 14.2 Å². The van der Waals surface area contributed by atoms with Crippen LogP contribution in [0, 0.1) is 0 Å². The largest absolute Gasteiger partial charge is 0.462 e. The van der Waals surface area contributed by atoms with Crippen molar-refractivity contribution >= 4 is 17.9 Å². The Balaban J connectivity index is 4.52. The molecule has 1 unspecified atom stereocenters. The normalized spacial score (nSPS) is 13.1. The van der Waals surface area contributed by atoms with Crippen LogP contribution in [0.3, 0.4) is 0 Å². The first-order valence-electron chi connectivity index (χ1n) is 25.7. The fourth-order valence-electron chi connectivity index (χ4n) is 6.67.